The molecule has 2 rings (SSSR count). The molecule has 1 N–H and O–H groups in total. The van der Waals surface area contributed by atoms with Crippen molar-refractivity contribution in [3.8, 4) is 0 Å². The third kappa shape index (κ3) is 5.20. The first-order valence-electron chi connectivity index (χ1n) is 7.16. The van der Waals surface area contributed by atoms with Crippen molar-refractivity contribution in [3.63, 3.8) is 0 Å². The molecule has 0 fully saturated rings. The molecule has 3 nitrogen and oxygen atoms in total. The topological polar surface area (TPSA) is 36.8 Å². The number of hydrazone groups is 1. The van der Waals surface area contributed by atoms with Gasteiger partial charge in [-0.3, -0.25) is 10.4 Å². The van der Waals surface area contributed by atoms with Gasteiger partial charge in [-0.05, 0) is 18.6 Å². The number of rotatable bonds is 6. The summed E-state index contributed by atoms with van der Waals surface area (Å²) in [7, 11) is 0. The van der Waals surface area contributed by atoms with E-state index in [1.165, 1.54) is 19.3 Å². The maximum atomic E-state index is 6.20. The lowest BCUT2D eigenvalue weighted by Gasteiger charge is -2.15. The Bertz CT molecular complexity index is 544. The fourth-order valence-corrected chi connectivity index (χ4v) is 3.28. The van der Waals surface area contributed by atoms with E-state index in [9.17, 15) is 0 Å². The zero-order chi connectivity index (χ0) is 15.1. The third-order valence-electron chi connectivity index (χ3n) is 3.14. The Balaban J connectivity index is 1.91. The first-order chi connectivity index (χ1) is 10.2. The Morgan fingerprint density at radius 2 is 2.14 bits per heavy atom. The van der Waals surface area contributed by atoms with Crippen LogP contribution >= 0.6 is 35.0 Å². The van der Waals surface area contributed by atoms with Crippen LogP contribution in [-0.4, -0.2) is 23.2 Å². The number of benzene rings is 1. The molecule has 6 heteroatoms. The van der Waals surface area contributed by atoms with Crippen molar-refractivity contribution in [2.75, 3.05) is 12.3 Å². The van der Waals surface area contributed by atoms with Gasteiger partial charge in [0.05, 0.1) is 10.7 Å². The molecule has 1 aromatic carbocycles. The van der Waals surface area contributed by atoms with Crippen molar-refractivity contribution in [2.45, 2.75) is 32.6 Å². The number of amidine groups is 1. The summed E-state index contributed by atoms with van der Waals surface area (Å²) in [6, 6.07) is 5.47. The van der Waals surface area contributed by atoms with Gasteiger partial charge in [0, 0.05) is 22.9 Å². The van der Waals surface area contributed by atoms with Crippen molar-refractivity contribution in [2.24, 2.45) is 10.1 Å². The predicted octanol–water partition coefficient (Wildman–Crippen LogP) is 4.97. The molecular weight excluding hydrogens is 325 g/mol. The van der Waals surface area contributed by atoms with Crippen LogP contribution in [0.3, 0.4) is 0 Å². The van der Waals surface area contributed by atoms with Gasteiger partial charge in [-0.25, -0.2) is 0 Å². The van der Waals surface area contributed by atoms with Gasteiger partial charge in [0.2, 0.25) is 0 Å². The van der Waals surface area contributed by atoms with Gasteiger partial charge in [0.25, 0.3) is 0 Å². The molecule has 0 atom stereocenters. The van der Waals surface area contributed by atoms with Crippen LogP contribution in [0.25, 0.3) is 0 Å². The lowest BCUT2D eigenvalue weighted by Crippen LogP contribution is -2.25. The van der Waals surface area contributed by atoms with Crippen LogP contribution in [0.5, 0.6) is 0 Å². The van der Waals surface area contributed by atoms with Crippen molar-refractivity contribution in [1.29, 1.82) is 0 Å². The van der Waals surface area contributed by atoms with Gasteiger partial charge in [-0.15, -0.1) is 0 Å². The molecule has 0 bridgehead atoms. The van der Waals surface area contributed by atoms with Gasteiger partial charge >= 0.3 is 0 Å². The molecule has 1 aromatic rings. The summed E-state index contributed by atoms with van der Waals surface area (Å²) in [5, 5.41) is 6.53. The second-order valence-electron chi connectivity index (χ2n) is 4.83. The van der Waals surface area contributed by atoms with Crippen molar-refractivity contribution in [1.82, 2.24) is 5.43 Å². The van der Waals surface area contributed by atoms with Crippen LogP contribution in [0.1, 0.15) is 38.2 Å². The molecule has 0 unspecified atom stereocenters. The van der Waals surface area contributed by atoms with E-state index in [-0.39, 0.29) is 0 Å². The minimum Gasteiger partial charge on any atom is -0.261 e. The lowest BCUT2D eigenvalue weighted by molar-refractivity contribution is 0.674. The van der Waals surface area contributed by atoms with E-state index in [0.717, 1.165) is 35.2 Å². The zero-order valence-corrected chi connectivity index (χ0v) is 14.4. The Kier molecular flexibility index (Phi) is 6.87. The second kappa shape index (κ2) is 8.66. The highest BCUT2D eigenvalue weighted by molar-refractivity contribution is 8.14. The van der Waals surface area contributed by atoms with Crippen LogP contribution in [0, 0.1) is 0 Å². The zero-order valence-electron chi connectivity index (χ0n) is 12.0. The molecule has 1 aliphatic heterocycles. The number of thioether (sulfide) groups is 1. The standard InChI is InChI=1S/C15H19Cl2N3S/c1-2-3-4-5-8-18-15-20-19-14(10-21-15)12-7-6-11(16)9-13(12)17/h6-7,9H,2-5,8,10H2,1H3,(H,18,20). The summed E-state index contributed by atoms with van der Waals surface area (Å²) >= 11 is 13.8. The normalized spacial score (nSPS) is 16.7. The molecule has 21 heavy (non-hydrogen) atoms. The van der Waals surface area contributed by atoms with Gasteiger partial charge in [0.15, 0.2) is 5.17 Å². The van der Waals surface area contributed by atoms with E-state index in [4.69, 9.17) is 23.2 Å². The number of hydrogen-bond acceptors (Lipinski definition) is 3. The Morgan fingerprint density at radius 3 is 2.81 bits per heavy atom. The van der Waals surface area contributed by atoms with Gasteiger partial charge < -0.3 is 0 Å². The fourth-order valence-electron chi connectivity index (χ4n) is 1.98. The maximum absolute atomic E-state index is 6.20. The van der Waals surface area contributed by atoms with Crippen LogP contribution in [0.4, 0.5) is 0 Å². The maximum Gasteiger partial charge on any atom is 0.177 e. The molecule has 1 heterocycles. The van der Waals surface area contributed by atoms with E-state index in [0.29, 0.717) is 10.0 Å². The highest BCUT2D eigenvalue weighted by Gasteiger charge is 2.15. The number of nitrogens with one attached hydrogen (secondary N) is 1. The number of hydrogen-bond donors (Lipinski definition) is 1. The fraction of sp³-hybridized carbons (Fsp3) is 0.467. The molecule has 0 saturated carbocycles. The summed E-state index contributed by atoms with van der Waals surface area (Å²) in [5.74, 6) is 0.766. The van der Waals surface area contributed by atoms with Crippen LogP contribution in [0.2, 0.25) is 10.0 Å². The molecule has 0 aliphatic carbocycles. The van der Waals surface area contributed by atoms with Crippen molar-refractivity contribution in [3.05, 3.63) is 33.8 Å². The van der Waals surface area contributed by atoms with Gasteiger partial charge in [-0.1, -0.05) is 67.2 Å². The smallest absolute Gasteiger partial charge is 0.177 e. The molecule has 0 spiro atoms. The predicted molar refractivity (Wildman–Crippen MR) is 95.0 cm³/mol. The van der Waals surface area contributed by atoms with E-state index in [2.05, 4.69) is 22.4 Å². The molecule has 0 saturated heterocycles. The Morgan fingerprint density at radius 1 is 1.29 bits per heavy atom. The van der Waals surface area contributed by atoms with E-state index >= 15 is 0 Å². The van der Waals surface area contributed by atoms with Crippen LogP contribution in [0.15, 0.2) is 28.3 Å². The number of nitrogens with zero attached hydrogens (tertiary/aromatic N) is 2. The summed E-state index contributed by atoms with van der Waals surface area (Å²) in [4.78, 5) is 4.53. The summed E-state index contributed by atoms with van der Waals surface area (Å²) in [6.45, 7) is 3.07. The molecular formula is C15H19Cl2N3S. The number of halogens is 2. The van der Waals surface area contributed by atoms with Crippen molar-refractivity contribution < 1.29 is 0 Å². The first kappa shape index (κ1) is 16.7. The lowest BCUT2D eigenvalue weighted by atomic mass is 10.1. The van der Waals surface area contributed by atoms with E-state index in [1.807, 2.05) is 12.1 Å². The van der Waals surface area contributed by atoms with Gasteiger partial charge in [-0.2, -0.15) is 5.10 Å². The Labute approximate surface area is 140 Å². The minimum absolute atomic E-state index is 0.628. The van der Waals surface area contributed by atoms with Crippen molar-refractivity contribution >= 4 is 45.8 Å². The summed E-state index contributed by atoms with van der Waals surface area (Å²) < 4.78 is 0. The highest BCUT2D eigenvalue weighted by Crippen LogP contribution is 2.24. The van der Waals surface area contributed by atoms with Crippen LogP contribution < -0.4 is 5.43 Å². The third-order valence-corrected chi connectivity index (χ3v) is 4.60. The SMILES string of the molecule is CCCCCCN=C1NN=C(c2ccc(Cl)cc2Cl)CS1. The summed E-state index contributed by atoms with van der Waals surface area (Å²) in [6.07, 6.45) is 4.91. The summed E-state index contributed by atoms with van der Waals surface area (Å²) in [5.41, 5.74) is 4.85. The first-order valence-corrected chi connectivity index (χ1v) is 8.90. The molecule has 0 radical (unpaired) electrons. The van der Waals surface area contributed by atoms with E-state index in [1.54, 1.807) is 17.8 Å². The highest BCUT2D eigenvalue weighted by atomic mass is 35.5. The Hall–Kier alpha value is -0.710. The van der Waals surface area contributed by atoms with Crippen LogP contribution in [-0.2, 0) is 0 Å². The quantitative estimate of drug-likeness (QED) is 0.740. The van der Waals surface area contributed by atoms with Gasteiger partial charge in [0.1, 0.15) is 0 Å². The minimum atomic E-state index is 0.628. The largest absolute Gasteiger partial charge is 0.261 e. The molecule has 0 amide bonds. The molecule has 1 aliphatic rings. The number of unbranched alkanes of at least 4 members (excludes halogenated alkanes) is 3. The average molecular weight is 344 g/mol. The number of aliphatic imine (C=N–C) groups is 1. The molecule has 114 valence electrons. The molecule has 0 aromatic heterocycles. The van der Waals surface area contributed by atoms with E-state index < -0.39 is 0 Å². The monoisotopic (exact) mass is 343 g/mol. The second-order valence-corrected chi connectivity index (χ2v) is 6.64. The average Bonchev–Trinajstić information content (AvgIpc) is 2.48.